The van der Waals surface area contributed by atoms with Crippen LogP contribution in [0.3, 0.4) is 0 Å². The number of amides is 2. The number of hydrogen-bond acceptors (Lipinski definition) is 3. The van der Waals surface area contributed by atoms with Crippen molar-refractivity contribution in [3.8, 4) is 0 Å². The van der Waals surface area contributed by atoms with Crippen LogP contribution in [-0.4, -0.2) is 29.0 Å². The van der Waals surface area contributed by atoms with Crippen molar-refractivity contribution >= 4 is 17.6 Å². The third-order valence-corrected chi connectivity index (χ3v) is 3.63. The van der Waals surface area contributed by atoms with Gasteiger partial charge in [-0.3, -0.25) is 19.3 Å². The van der Waals surface area contributed by atoms with Gasteiger partial charge in [0.25, 0.3) is 0 Å². The highest BCUT2D eigenvalue weighted by atomic mass is 16.2. The van der Waals surface area contributed by atoms with E-state index in [2.05, 4.69) is 0 Å². The van der Waals surface area contributed by atoms with E-state index >= 15 is 0 Å². The molecule has 0 N–H and O–H groups in total. The summed E-state index contributed by atoms with van der Waals surface area (Å²) in [5.74, 6) is -0.597. The largest absolute Gasteiger partial charge is 0.292 e. The maximum absolute atomic E-state index is 12.3. The topological polar surface area (TPSA) is 54.5 Å². The van der Waals surface area contributed by atoms with E-state index in [0.29, 0.717) is 18.4 Å². The van der Waals surface area contributed by atoms with Gasteiger partial charge < -0.3 is 0 Å². The zero-order chi connectivity index (χ0) is 14.9. The van der Waals surface area contributed by atoms with Crippen LogP contribution in [0.15, 0.2) is 18.2 Å². The van der Waals surface area contributed by atoms with Crippen molar-refractivity contribution in [3.63, 3.8) is 0 Å². The third-order valence-electron chi connectivity index (χ3n) is 3.63. The van der Waals surface area contributed by atoms with E-state index in [1.54, 1.807) is 6.07 Å². The Morgan fingerprint density at radius 2 is 1.80 bits per heavy atom. The average Bonchev–Trinajstić information content (AvgIpc) is 2.33. The highest BCUT2D eigenvalue weighted by Crippen LogP contribution is 2.20. The van der Waals surface area contributed by atoms with Crippen LogP contribution < -0.4 is 0 Å². The highest BCUT2D eigenvalue weighted by molar-refractivity contribution is 6.06. The van der Waals surface area contributed by atoms with Gasteiger partial charge in [-0.15, -0.1) is 0 Å². The summed E-state index contributed by atoms with van der Waals surface area (Å²) >= 11 is 0. The summed E-state index contributed by atoms with van der Waals surface area (Å²) in [7, 11) is 0. The predicted octanol–water partition coefficient (Wildman–Crippen LogP) is 2.27. The molecule has 2 rings (SSSR count). The zero-order valence-corrected chi connectivity index (χ0v) is 12.1. The Morgan fingerprint density at radius 3 is 2.35 bits per heavy atom. The smallest absolute Gasteiger partial charge is 0.229 e. The minimum Gasteiger partial charge on any atom is -0.292 e. The first-order valence-corrected chi connectivity index (χ1v) is 6.82. The highest BCUT2D eigenvalue weighted by Gasteiger charge is 2.31. The number of piperidine rings is 1. The van der Waals surface area contributed by atoms with Crippen molar-refractivity contribution in [1.29, 1.82) is 0 Å². The molecule has 0 unspecified atom stereocenters. The molecule has 0 atom stereocenters. The first-order chi connectivity index (χ1) is 9.38. The number of nitrogens with zero attached hydrogens (tertiary/aromatic N) is 1. The van der Waals surface area contributed by atoms with E-state index in [4.69, 9.17) is 0 Å². The van der Waals surface area contributed by atoms with Crippen LogP contribution in [0.1, 0.15) is 41.3 Å². The predicted molar refractivity (Wildman–Crippen MR) is 75.4 cm³/mol. The first kappa shape index (κ1) is 14.4. The number of hydrogen-bond donors (Lipinski definition) is 0. The lowest BCUT2D eigenvalue weighted by Gasteiger charge is -2.27. The normalized spacial score (nSPS) is 16.6. The van der Waals surface area contributed by atoms with Gasteiger partial charge >= 0.3 is 0 Å². The molecule has 0 radical (unpaired) electrons. The number of benzene rings is 1. The zero-order valence-electron chi connectivity index (χ0n) is 12.1. The van der Waals surface area contributed by atoms with Gasteiger partial charge in [0.05, 0.1) is 6.54 Å². The quantitative estimate of drug-likeness (QED) is 0.627. The van der Waals surface area contributed by atoms with Crippen LogP contribution in [-0.2, 0) is 9.59 Å². The second-order valence-electron chi connectivity index (χ2n) is 5.63. The van der Waals surface area contributed by atoms with Crippen molar-refractivity contribution in [3.05, 3.63) is 34.9 Å². The lowest BCUT2D eigenvalue weighted by molar-refractivity contribution is -0.149. The summed E-state index contributed by atoms with van der Waals surface area (Å²) in [5, 5.41) is 0. The molecule has 0 saturated carbocycles. The van der Waals surface area contributed by atoms with Gasteiger partial charge in [-0.05, 0) is 25.3 Å². The molecule has 1 aromatic carbocycles. The summed E-state index contributed by atoms with van der Waals surface area (Å²) in [6, 6.07) is 5.55. The fraction of sp³-hybridized carbons (Fsp3) is 0.438. The fourth-order valence-corrected chi connectivity index (χ4v) is 2.56. The molecule has 0 bridgehead atoms. The van der Waals surface area contributed by atoms with Crippen LogP contribution in [0, 0.1) is 19.8 Å². The van der Waals surface area contributed by atoms with E-state index < -0.39 is 0 Å². The molecule has 4 heteroatoms. The minimum atomic E-state index is -0.244. The van der Waals surface area contributed by atoms with Crippen molar-refractivity contribution < 1.29 is 14.4 Å². The third kappa shape index (κ3) is 2.95. The van der Waals surface area contributed by atoms with Gasteiger partial charge in [-0.2, -0.15) is 0 Å². The molecule has 106 valence electrons. The van der Waals surface area contributed by atoms with E-state index in [0.717, 1.165) is 16.0 Å². The Labute approximate surface area is 118 Å². The van der Waals surface area contributed by atoms with Gasteiger partial charge in [-0.25, -0.2) is 0 Å². The minimum absolute atomic E-state index is 0.0717. The van der Waals surface area contributed by atoms with Crippen molar-refractivity contribution in [2.45, 2.75) is 33.6 Å². The number of aryl methyl sites for hydroxylation is 2. The molecule has 1 aliphatic rings. The second kappa shape index (κ2) is 5.57. The Kier molecular flexibility index (Phi) is 4.02. The van der Waals surface area contributed by atoms with Crippen molar-refractivity contribution in [2.24, 2.45) is 5.92 Å². The molecular formula is C16H19NO3. The number of ketones is 1. The number of Topliss-reactive ketones (excluding diaryl/α,β-unsaturated/α-hetero) is 1. The van der Waals surface area contributed by atoms with E-state index in [1.807, 2.05) is 32.9 Å². The van der Waals surface area contributed by atoms with Crippen molar-refractivity contribution in [1.82, 2.24) is 4.90 Å². The summed E-state index contributed by atoms with van der Waals surface area (Å²) in [6.45, 7) is 5.55. The molecule has 1 fully saturated rings. The summed E-state index contributed by atoms with van der Waals surface area (Å²) in [4.78, 5) is 37.1. The van der Waals surface area contributed by atoms with Crippen LogP contribution in [0.5, 0.6) is 0 Å². The molecule has 0 aliphatic carbocycles. The standard InChI is InChI=1S/C16H19NO3/c1-10-4-5-13(12(3)6-10)14(18)9-17-15(19)7-11(2)8-16(17)20/h4-6,11H,7-9H2,1-3H3. The van der Waals surface area contributed by atoms with Gasteiger partial charge in [0, 0.05) is 18.4 Å². The van der Waals surface area contributed by atoms with Crippen LogP contribution in [0.4, 0.5) is 0 Å². The summed E-state index contributed by atoms with van der Waals surface area (Å²) in [6.07, 6.45) is 0.678. The fourth-order valence-electron chi connectivity index (χ4n) is 2.56. The van der Waals surface area contributed by atoms with Gasteiger partial charge in [0.2, 0.25) is 11.8 Å². The summed E-state index contributed by atoms with van der Waals surface area (Å²) in [5.41, 5.74) is 2.54. The number of imide groups is 1. The Balaban J connectivity index is 2.15. The Bertz CT molecular complexity index is 559. The molecule has 1 saturated heterocycles. The molecule has 1 aliphatic heterocycles. The van der Waals surface area contributed by atoms with E-state index in [-0.39, 0.29) is 30.1 Å². The van der Waals surface area contributed by atoms with Gasteiger partial charge in [0.15, 0.2) is 5.78 Å². The molecule has 2 amide bonds. The molecule has 0 aromatic heterocycles. The second-order valence-corrected chi connectivity index (χ2v) is 5.63. The number of carbonyl (C=O) groups is 3. The van der Waals surface area contributed by atoms with Crippen LogP contribution >= 0.6 is 0 Å². The maximum Gasteiger partial charge on any atom is 0.229 e. The lowest BCUT2D eigenvalue weighted by atomic mass is 9.96. The molecule has 4 nitrogen and oxygen atoms in total. The first-order valence-electron chi connectivity index (χ1n) is 6.82. The number of likely N-dealkylation sites (tertiary alicyclic amines) is 1. The Hall–Kier alpha value is -1.97. The van der Waals surface area contributed by atoms with Gasteiger partial charge in [-0.1, -0.05) is 30.7 Å². The summed E-state index contributed by atoms with van der Waals surface area (Å²) < 4.78 is 0. The average molecular weight is 273 g/mol. The molecule has 1 heterocycles. The van der Waals surface area contributed by atoms with Gasteiger partial charge in [0.1, 0.15) is 0 Å². The molecular weight excluding hydrogens is 254 g/mol. The van der Waals surface area contributed by atoms with E-state index in [9.17, 15) is 14.4 Å². The monoisotopic (exact) mass is 273 g/mol. The SMILES string of the molecule is Cc1ccc(C(=O)CN2C(=O)CC(C)CC2=O)c(C)c1. The molecule has 1 aromatic rings. The molecule has 20 heavy (non-hydrogen) atoms. The number of carbonyl (C=O) groups excluding carboxylic acids is 3. The maximum atomic E-state index is 12.3. The lowest BCUT2D eigenvalue weighted by Crippen LogP contribution is -2.45. The van der Waals surface area contributed by atoms with E-state index in [1.165, 1.54) is 0 Å². The van der Waals surface area contributed by atoms with Crippen molar-refractivity contribution in [2.75, 3.05) is 6.54 Å². The molecule has 0 spiro atoms. The number of rotatable bonds is 3. The Morgan fingerprint density at radius 1 is 1.20 bits per heavy atom. The van der Waals surface area contributed by atoms with Crippen LogP contribution in [0.25, 0.3) is 0 Å². The van der Waals surface area contributed by atoms with Crippen LogP contribution in [0.2, 0.25) is 0 Å².